The van der Waals surface area contributed by atoms with Crippen LogP contribution in [0, 0.1) is 0 Å². The molecule has 1 aromatic heterocycles. The summed E-state index contributed by atoms with van der Waals surface area (Å²) in [5, 5.41) is 4.11. The molecule has 0 bridgehead atoms. The average Bonchev–Trinajstić information content (AvgIpc) is 2.76. The smallest absolute Gasteiger partial charge is 0.119 e. The Morgan fingerprint density at radius 1 is 1.39 bits per heavy atom. The first-order chi connectivity index (χ1) is 8.65. The number of hydrogen-bond acceptors (Lipinski definition) is 3. The fraction of sp³-hybridized carbons (Fsp3) is 0.231. The maximum absolute atomic E-state index is 5.63. The minimum Gasteiger partial charge on any atom is -0.493 e. The van der Waals surface area contributed by atoms with E-state index in [-0.39, 0.29) is 0 Å². The molecule has 0 radical (unpaired) electrons. The lowest BCUT2D eigenvalue weighted by atomic mass is 10.2. The zero-order valence-corrected chi connectivity index (χ0v) is 11.0. The van der Waals surface area contributed by atoms with Crippen LogP contribution in [0.15, 0.2) is 36.7 Å². The van der Waals surface area contributed by atoms with Gasteiger partial charge in [-0.3, -0.25) is 4.68 Å². The van der Waals surface area contributed by atoms with Gasteiger partial charge in [-0.25, -0.2) is 0 Å². The van der Waals surface area contributed by atoms with Gasteiger partial charge in [0.25, 0.3) is 0 Å². The molecule has 2 aromatic rings. The Hall–Kier alpha value is -1.88. The van der Waals surface area contributed by atoms with Crippen molar-refractivity contribution in [3.63, 3.8) is 0 Å². The Balaban J connectivity index is 1.85. The van der Waals surface area contributed by atoms with Crippen LogP contribution in [0.3, 0.4) is 0 Å². The van der Waals surface area contributed by atoms with Gasteiger partial charge in [0.15, 0.2) is 0 Å². The van der Waals surface area contributed by atoms with Crippen LogP contribution in [0.4, 0.5) is 0 Å². The number of benzene rings is 1. The molecule has 0 unspecified atom stereocenters. The van der Waals surface area contributed by atoms with E-state index in [9.17, 15) is 0 Å². The van der Waals surface area contributed by atoms with Gasteiger partial charge >= 0.3 is 0 Å². The summed E-state index contributed by atoms with van der Waals surface area (Å²) < 4.78 is 7.42. The highest BCUT2D eigenvalue weighted by Crippen LogP contribution is 2.12. The van der Waals surface area contributed by atoms with Crippen molar-refractivity contribution < 1.29 is 4.74 Å². The van der Waals surface area contributed by atoms with Crippen molar-refractivity contribution >= 4 is 17.2 Å². The zero-order valence-electron chi connectivity index (χ0n) is 10.2. The first-order valence-corrected chi connectivity index (χ1v) is 6.06. The second kappa shape index (κ2) is 5.64. The van der Waals surface area contributed by atoms with Gasteiger partial charge < -0.3 is 10.5 Å². The number of nitrogens with two attached hydrogens (primary N) is 1. The van der Waals surface area contributed by atoms with E-state index in [0.29, 0.717) is 11.6 Å². The molecule has 4 nitrogen and oxygen atoms in total. The summed E-state index contributed by atoms with van der Waals surface area (Å²) in [5.41, 5.74) is 7.54. The third-order valence-electron chi connectivity index (χ3n) is 2.56. The molecule has 94 valence electrons. The highest BCUT2D eigenvalue weighted by atomic mass is 32.1. The average molecular weight is 261 g/mol. The summed E-state index contributed by atoms with van der Waals surface area (Å²) >= 11 is 4.89. The molecule has 0 saturated heterocycles. The predicted molar refractivity (Wildman–Crippen MR) is 74.7 cm³/mol. The number of nitrogens with zero attached hydrogens (tertiary/aromatic N) is 2. The molecule has 1 heterocycles. The van der Waals surface area contributed by atoms with Crippen molar-refractivity contribution in [2.75, 3.05) is 6.61 Å². The summed E-state index contributed by atoms with van der Waals surface area (Å²) in [6, 6.07) is 7.47. The highest BCUT2D eigenvalue weighted by Gasteiger charge is 1.99. The number of aryl methyl sites for hydroxylation is 1. The van der Waals surface area contributed by atoms with Crippen LogP contribution >= 0.6 is 12.2 Å². The molecule has 1 aromatic carbocycles. The Kier molecular flexibility index (Phi) is 3.94. The molecule has 0 atom stereocenters. The molecular weight excluding hydrogens is 246 g/mol. The monoisotopic (exact) mass is 261 g/mol. The lowest BCUT2D eigenvalue weighted by Gasteiger charge is -2.05. The minimum absolute atomic E-state index is 0.400. The van der Waals surface area contributed by atoms with E-state index in [1.54, 1.807) is 4.68 Å². The predicted octanol–water partition coefficient (Wildman–Crippen LogP) is 1.68. The molecule has 0 saturated carbocycles. The Bertz CT molecular complexity index is 533. The van der Waals surface area contributed by atoms with Gasteiger partial charge in [0, 0.05) is 25.2 Å². The van der Waals surface area contributed by atoms with Gasteiger partial charge in [0.1, 0.15) is 10.7 Å². The summed E-state index contributed by atoms with van der Waals surface area (Å²) in [6.07, 6.45) is 4.67. The van der Waals surface area contributed by atoms with Crippen molar-refractivity contribution in [1.29, 1.82) is 0 Å². The normalized spacial score (nSPS) is 10.3. The summed E-state index contributed by atoms with van der Waals surface area (Å²) in [7, 11) is 1.90. The third kappa shape index (κ3) is 3.30. The molecule has 5 heteroatoms. The summed E-state index contributed by atoms with van der Waals surface area (Å²) in [5.74, 6) is 0.818. The van der Waals surface area contributed by atoms with Crippen LogP contribution < -0.4 is 10.5 Å². The molecule has 18 heavy (non-hydrogen) atoms. The number of aromatic nitrogens is 2. The lowest BCUT2D eigenvalue weighted by Crippen LogP contribution is -2.09. The second-order valence-electron chi connectivity index (χ2n) is 4.01. The molecular formula is C13H15N3OS. The quantitative estimate of drug-likeness (QED) is 0.832. The molecule has 2 N–H and O–H groups in total. The van der Waals surface area contributed by atoms with Crippen LogP contribution in [0.5, 0.6) is 5.75 Å². The standard InChI is InChI=1S/C13H15N3OS/c1-16-9-10(8-15-16)6-7-17-12-4-2-11(3-5-12)13(14)18/h2-5,8-9H,6-7H2,1H3,(H2,14,18). The number of hydrogen-bond donors (Lipinski definition) is 1. The summed E-state index contributed by atoms with van der Waals surface area (Å²) in [6.45, 7) is 0.623. The van der Waals surface area contributed by atoms with E-state index < -0.39 is 0 Å². The Morgan fingerprint density at radius 2 is 2.11 bits per heavy atom. The van der Waals surface area contributed by atoms with Crippen LogP contribution in [0.2, 0.25) is 0 Å². The van der Waals surface area contributed by atoms with Crippen LogP contribution in [-0.2, 0) is 13.5 Å². The first-order valence-electron chi connectivity index (χ1n) is 5.65. The summed E-state index contributed by atoms with van der Waals surface area (Å²) in [4.78, 5) is 0.400. The van der Waals surface area contributed by atoms with Crippen LogP contribution in [-0.4, -0.2) is 21.4 Å². The molecule has 0 spiro atoms. The van der Waals surface area contributed by atoms with Crippen molar-refractivity contribution in [2.45, 2.75) is 6.42 Å². The van der Waals surface area contributed by atoms with Crippen molar-refractivity contribution in [2.24, 2.45) is 12.8 Å². The number of ether oxygens (including phenoxy) is 1. The van der Waals surface area contributed by atoms with Gasteiger partial charge in [0.05, 0.1) is 12.8 Å². The van der Waals surface area contributed by atoms with Crippen molar-refractivity contribution in [3.05, 3.63) is 47.8 Å². The van der Waals surface area contributed by atoms with Crippen molar-refractivity contribution in [3.8, 4) is 5.75 Å². The maximum Gasteiger partial charge on any atom is 0.119 e. The maximum atomic E-state index is 5.63. The Labute approximate surface area is 111 Å². The van der Waals surface area contributed by atoms with E-state index in [2.05, 4.69) is 5.10 Å². The lowest BCUT2D eigenvalue weighted by molar-refractivity contribution is 0.322. The molecule has 0 fully saturated rings. The van der Waals surface area contributed by atoms with E-state index in [4.69, 9.17) is 22.7 Å². The largest absolute Gasteiger partial charge is 0.493 e. The van der Waals surface area contributed by atoms with E-state index in [1.165, 1.54) is 0 Å². The van der Waals surface area contributed by atoms with Gasteiger partial charge in [-0.05, 0) is 29.8 Å². The molecule has 2 rings (SSSR count). The van der Waals surface area contributed by atoms with Gasteiger partial charge in [-0.2, -0.15) is 5.10 Å². The zero-order chi connectivity index (χ0) is 13.0. The van der Waals surface area contributed by atoms with Crippen LogP contribution in [0.25, 0.3) is 0 Å². The fourth-order valence-corrected chi connectivity index (χ4v) is 1.74. The number of thiocarbonyl (C=S) groups is 1. The Morgan fingerprint density at radius 3 is 2.67 bits per heavy atom. The van der Waals surface area contributed by atoms with Gasteiger partial charge in [0.2, 0.25) is 0 Å². The second-order valence-corrected chi connectivity index (χ2v) is 4.45. The third-order valence-corrected chi connectivity index (χ3v) is 2.79. The molecule has 0 aliphatic heterocycles. The van der Waals surface area contributed by atoms with Gasteiger partial charge in [-0.15, -0.1) is 0 Å². The molecule has 0 amide bonds. The topological polar surface area (TPSA) is 53.1 Å². The minimum atomic E-state index is 0.400. The SMILES string of the molecule is Cn1cc(CCOc2ccc(C(N)=S)cc2)cn1. The van der Waals surface area contributed by atoms with E-state index in [1.807, 2.05) is 43.7 Å². The number of rotatable bonds is 5. The van der Waals surface area contributed by atoms with Gasteiger partial charge in [-0.1, -0.05) is 12.2 Å². The fourth-order valence-electron chi connectivity index (χ4n) is 1.60. The van der Waals surface area contributed by atoms with Crippen molar-refractivity contribution in [1.82, 2.24) is 9.78 Å². The highest BCUT2D eigenvalue weighted by molar-refractivity contribution is 7.80. The van der Waals surface area contributed by atoms with E-state index in [0.717, 1.165) is 23.3 Å². The molecule has 0 aliphatic rings. The first kappa shape index (κ1) is 12.6. The molecule has 0 aliphatic carbocycles. The van der Waals surface area contributed by atoms with E-state index >= 15 is 0 Å². The van der Waals surface area contributed by atoms with Crippen LogP contribution in [0.1, 0.15) is 11.1 Å².